The van der Waals surface area contributed by atoms with E-state index in [1.54, 1.807) is 6.26 Å². The minimum atomic E-state index is -1.80. The zero-order chi connectivity index (χ0) is 54.9. The third-order valence-electron chi connectivity index (χ3n) is 11.4. The summed E-state index contributed by atoms with van der Waals surface area (Å²) >= 11 is 1.24. The molecule has 28 heteroatoms. The summed E-state index contributed by atoms with van der Waals surface area (Å²) in [6.07, 6.45) is -2.83. The van der Waals surface area contributed by atoms with Gasteiger partial charge in [-0.25, -0.2) is 9.59 Å². The fraction of sp³-hybridized carbons (Fsp3) is 0.478. The molecule has 0 saturated heterocycles. The Bertz CT molecular complexity index is 2330. The topological polar surface area (TPSA) is 463 Å². The molecule has 404 valence electrons. The van der Waals surface area contributed by atoms with E-state index in [4.69, 9.17) is 32.8 Å². The predicted molar refractivity (Wildman–Crippen MR) is 268 cm³/mol. The second-order valence-electron chi connectivity index (χ2n) is 16.9. The molecule has 0 aliphatic heterocycles. The van der Waals surface area contributed by atoms with E-state index in [0.717, 1.165) is 22.3 Å². The average Bonchev–Trinajstić information content (AvgIpc) is 3.66. The number of alkyl carbamates (subject to hydrolysis) is 1. The minimum absolute atomic E-state index is 0.0400. The highest BCUT2D eigenvalue weighted by atomic mass is 32.2. The van der Waals surface area contributed by atoms with Crippen LogP contribution >= 0.6 is 11.8 Å². The van der Waals surface area contributed by atoms with Gasteiger partial charge in [0.25, 0.3) is 0 Å². The number of carboxylic acid groups (broad SMARTS) is 3. The van der Waals surface area contributed by atoms with Crippen LogP contribution in [0.2, 0.25) is 0 Å². The van der Waals surface area contributed by atoms with Crippen molar-refractivity contribution in [2.24, 2.45) is 17.2 Å². The van der Waals surface area contributed by atoms with Gasteiger partial charge in [0.05, 0.1) is 6.42 Å². The number of fused-ring (bicyclic) bond motifs is 3. The van der Waals surface area contributed by atoms with Crippen LogP contribution in [0, 0.1) is 10.8 Å². The third-order valence-corrected chi connectivity index (χ3v) is 12.0. The van der Waals surface area contributed by atoms with E-state index in [9.17, 15) is 63.3 Å². The number of aliphatic carboxylic acids is 3. The standard InChI is InChI=1S/C46H65N13O14S/c1-74-21-18-32(41(68)58-34(22-35(47)60)42(69)54-29(12-6-19-52-44(48)49)38(65)57-33(43(70)71)13-7-20-53-45(50)51)56-39(66)30(14-16-36(61)62)55-40(67)31(15-17-37(63)64)59-46(72)73-23-28-26-10-4-2-8-24(26)25-9-3-5-11-27(25)28/h2-5,8-11,28-34H,6-7,12-23H2,1H3,(H2,47,60)(H,54,69)(H,55,67)(H,56,66)(H,57,65)(H,58,68)(H,59,72)(H,61,62)(H,63,64)(H,70,71)(H4,48,49,52)(H4,50,51,53)/t29-,30-,31-,32-,33-,34-/m0/s1. The number of carbonyl (C=O) groups is 10. The SMILES string of the molecule is CSCC[C@H](NC(=O)[C@H](CCC(=O)O)NC(=O)[C@H](CCC(=O)O)NC(=O)OCC1c2ccccc2-c2ccccc21)C(=O)N[C@@H](CC(N)=O)C(=O)N[C@@H](CCCNC(=N)N)C(=O)N[C@@H](CCCNC(=N)N)C(=O)O. The number of rotatable bonds is 33. The Morgan fingerprint density at radius 2 is 0.959 bits per heavy atom. The minimum Gasteiger partial charge on any atom is -0.481 e. The van der Waals surface area contributed by atoms with Gasteiger partial charge in [-0.05, 0) is 79.2 Å². The summed E-state index contributed by atoms with van der Waals surface area (Å²) in [6.45, 7) is -0.0166. The van der Waals surface area contributed by atoms with Crippen LogP contribution < -0.4 is 59.7 Å². The first-order valence-corrected chi connectivity index (χ1v) is 24.7. The van der Waals surface area contributed by atoms with Gasteiger partial charge in [0.15, 0.2) is 11.9 Å². The van der Waals surface area contributed by atoms with Crippen molar-refractivity contribution in [1.29, 1.82) is 10.8 Å². The molecule has 0 fully saturated rings. The van der Waals surface area contributed by atoms with Crippen LogP contribution in [0.25, 0.3) is 11.1 Å². The Morgan fingerprint density at radius 1 is 0.568 bits per heavy atom. The predicted octanol–water partition coefficient (Wildman–Crippen LogP) is -1.71. The highest BCUT2D eigenvalue weighted by Crippen LogP contribution is 2.44. The molecule has 0 bridgehead atoms. The van der Waals surface area contributed by atoms with E-state index in [-0.39, 0.29) is 69.4 Å². The lowest BCUT2D eigenvalue weighted by Gasteiger charge is -2.27. The Hall–Kier alpha value is -8.17. The van der Waals surface area contributed by atoms with Crippen LogP contribution in [0.5, 0.6) is 0 Å². The summed E-state index contributed by atoms with van der Waals surface area (Å²) in [5.74, 6) is -11.5. The van der Waals surface area contributed by atoms with Crippen molar-refractivity contribution in [3.8, 4) is 11.1 Å². The normalized spacial score (nSPS) is 13.8. The summed E-state index contributed by atoms with van der Waals surface area (Å²) < 4.78 is 5.55. The van der Waals surface area contributed by atoms with Gasteiger partial charge in [0, 0.05) is 31.8 Å². The molecule has 1 aliphatic carbocycles. The molecule has 7 amide bonds. The zero-order valence-electron chi connectivity index (χ0n) is 40.5. The van der Waals surface area contributed by atoms with Crippen molar-refractivity contribution in [3.05, 3.63) is 59.7 Å². The molecule has 0 saturated carbocycles. The van der Waals surface area contributed by atoms with E-state index in [1.807, 2.05) is 48.5 Å². The van der Waals surface area contributed by atoms with Crippen LogP contribution in [-0.4, -0.2) is 155 Å². The molecule has 19 N–H and O–H groups in total. The third kappa shape index (κ3) is 20.5. The molecule has 0 spiro atoms. The number of nitrogens with two attached hydrogens (primary N) is 3. The largest absolute Gasteiger partial charge is 0.481 e. The molecule has 74 heavy (non-hydrogen) atoms. The number of hydrogen-bond donors (Lipinski definition) is 16. The second-order valence-corrected chi connectivity index (χ2v) is 17.9. The van der Waals surface area contributed by atoms with E-state index >= 15 is 0 Å². The molecule has 2 aromatic carbocycles. The lowest BCUT2D eigenvalue weighted by atomic mass is 9.98. The molecular weight excluding hydrogens is 991 g/mol. The van der Waals surface area contributed by atoms with Crippen molar-refractivity contribution in [3.63, 3.8) is 0 Å². The van der Waals surface area contributed by atoms with Crippen molar-refractivity contribution in [2.75, 3.05) is 31.7 Å². The maximum atomic E-state index is 14.0. The summed E-state index contributed by atoms with van der Waals surface area (Å²) in [5.41, 5.74) is 19.7. The van der Waals surface area contributed by atoms with Crippen molar-refractivity contribution >= 4 is 83.1 Å². The van der Waals surface area contributed by atoms with Crippen LogP contribution in [0.4, 0.5) is 4.79 Å². The Morgan fingerprint density at radius 3 is 1.39 bits per heavy atom. The maximum Gasteiger partial charge on any atom is 0.407 e. The molecule has 0 radical (unpaired) electrons. The summed E-state index contributed by atoms with van der Waals surface area (Å²) in [7, 11) is 0. The number of amides is 7. The van der Waals surface area contributed by atoms with Gasteiger partial charge in [-0.1, -0.05) is 48.5 Å². The molecule has 27 nitrogen and oxygen atoms in total. The van der Waals surface area contributed by atoms with Crippen molar-refractivity contribution < 1.29 is 68.0 Å². The maximum absolute atomic E-state index is 14.0. The first-order valence-electron chi connectivity index (χ1n) is 23.3. The van der Waals surface area contributed by atoms with Crippen LogP contribution in [0.3, 0.4) is 0 Å². The monoisotopic (exact) mass is 1060 g/mol. The van der Waals surface area contributed by atoms with Gasteiger partial charge in [0.1, 0.15) is 42.9 Å². The number of ether oxygens (including phenoxy) is 1. The zero-order valence-corrected chi connectivity index (χ0v) is 41.3. The lowest BCUT2D eigenvalue weighted by molar-refractivity contribution is -0.142. The molecule has 0 heterocycles. The number of benzene rings is 2. The molecule has 0 aromatic heterocycles. The lowest BCUT2D eigenvalue weighted by Crippen LogP contribution is -2.60. The fourth-order valence-corrected chi connectivity index (χ4v) is 8.19. The molecule has 1 aliphatic rings. The average molecular weight is 1060 g/mol. The molecule has 6 atom stereocenters. The number of guanidine groups is 2. The first-order chi connectivity index (χ1) is 35.1. The van der Waals surface area contributed by atoms with Crippen LogP contribution in [0.1, 0.15) is 81.3 Å². The molecule has 0 unspecified atom stereocenters. The van der Waals surface area contributed by atoms with Crippen LogP contribution in [0.15, 0.2) is 48.5 Å². The van der Waals surface area contributed by atoms with Crippen molar-refractivity contribution in [2.45, 2.75) is 106 Å². The highest BCUT2D eigenvalue weighted by molar-refractivity contribution is 7.98. The fourth-order valence-electron chi connectivity index (χ4n) is 7.72. The first kappa shape index (κ1) is 60.1. The quantitative estimate of drug-likeness (QED) is 0.0215. The summed E-state index contributed by atoms with van der Waals surface area (Å²) in [5, 5.41) is 62.7. The summed E-state index contributed by atoms with van der Waals surface area (Å²) in [4.78, 5) is 130. The number of carboxylic acids is 3. The van der Waals surface area contributed by atoms with Gasteiger partial charge < -0.3 is 79.8 Å². The van der Waals surface area contributed by atoms with Gasteiger partial charge in [-0.15, -0.1) is 0 Å². The molecule has 3 rings (SSSR count). The number of nitrogens with one attached hydrogen (secondary N) is 10. The van der Waals surface area contributed by atoms with E-state index in [0.29, 0.717) is 0 Å². The number of hydrogen-bond acceptors (Lipinski definition) is 14. The highest BCUT2D eigenvalue weighted by Gasteiger charge is 2.35. The molecular formula is C46H65N13O14S. The van der Waals surface area contributed by atoms with Gasteiger partial charge in [0.2, 0.25) is 35.4 Å². The smallest absolute Gasteiger partial charge is 0.407 e. The van der Waals surface area contributed by atoms with Crippen LogP contribution in [-0.2, 0) is 47.9 Å². The number of primary amides is 1. The van der Waals surface area contributed by atoms with Crippen molar-refractivity contribution in [1.82, 2.24) is 42.5 Å². The Balaban J connectivity index is 1.81. The Labute approximate surface area is 429 Å². The van der Waals surface area contributed by atoms with E-state index < -0.39 is 134 Å². The number of carbonyl (C=O) groups excluding carboxylic acids is 7. The van der Waals surface area contributed by atoms with E-state index in [1.165, 1.54) is 11.8 Å². The van der Waals surface area contributed by atoms with Gasteiger partial charge >= 0.3 is 24.0 Å². The second kappa shape index (κ2) is 30.7. The van der Waals surface area contributed by atoms with E-state index in [2.05, 4.69) is 42.5 Å². The Kier molecular flexibility index (Phi) is 24.9. The summed E-state index contributed by atoms with van der Waals surface area (Å²) in [6, 6.07) is 5.44. The van der Waals surface area contributed by atoms with Gasteiger partial charge in [-0.2, -0.15) is 11.8 Å². The molecule has 2 aromatic rings. The number of thioether (sulfide) groups is 1. The van der Waals surface area contributed by atoms with Gasteiger partial charge in [-0.3, -0.25) is 49.2 Å².